The molecule has 0 aromatic carbocycles. The second-order valence-corrected chi connectivity index (χ2v) is 6.41. The second kappa shape index (κ2) is 7.17. The molecule has 0 aliphatic heterocycles. The SMILES string of the molecule is CCCCC(CC)C(NC)c1cc(C)sc1C. The zero-order chi connectivity index (χ0) is 12.8. The van der Waals surface area contributed by atoms with E-state index < -0.39 is 0 Å². The van der Waals surface area contributed by atoms with Crippen molar-refractivity contribution in [1.82, 2.24) is 5.32 Å². The van der Waals surface area contributed by atoms with Gasteiger partial charge in [-0.15, -0.1) is 11.3 Å². The lowest BCUT2D eigenvalue weighted by Gasteiger charge is -2.26. The Labute approximate surface area is 111 Å². The van der Waals surface area contributed by atoms with Gasteiger partial charge in [-0.1, -0.05) is 33.1 Å². The van der Waals surface area contributed by atoms with Crippen LogP contribution in [0, 0.1) is 19.8 Å². The predicted octanol–water partition coefficient (Wildman–Crippen LogP) is 4.84. The van der Waals surface area contributed by atoms with Crippen molar-refractivity contribution in [3.8, 4) is 0 Å². The lowest BCUT2D eigenvalue weighted by atomic mass is 9.87. The Hall–Kier alpha value is -0.340. The summed E-state index contributed by atoms with van der Waals surface area (Å²) in [6.45, 7) is 9.06. The van der Waals surface area contributed by atoms with Gasteiger partial charge in [-0.3, -0.25) is 0 Å². The fourth-order valence-corrected chi connectivity index (χ4v) is 3.65. The summed E-state index contributed by atoms with van der Waals surface area (Å²) in [4.78, 5) is 2.92. The minimum Gasteiger partial charge on any atom is -0.313 e. The van der Waals surface area contributed by atoms with Gasteiger partial charge >= 0.3 is 0 Å². The number of nitrogens with one attached hydrogen (secondary N) is 1. The molecule has 0 amide bonds. The van der Waals surface area contributed by atoms with Crippen molar-refractivity contribution in [3.63, 3.8) is 0 Å². The van der Waals surface area contributed by atoms with Gasteiger partial charge in [0.2, 0.25) is 0 Å². The van der Waals surface area contributed by atoms with Gasteiger partial charge in [0.25, 0.3) is 0 Å². The first-order chi connectivity index (χ1) is 8.13. The van der Waals surface area contributed by atoms with Crippen molar-refractivity contribution in [1.29, 1.82) is 0 Å². The zero-order valence-corrected chi connectivity index (χ0v) is 12.8. The third kappa shape index (κ3) is 3.82. The van der Waals surface area contributed by atoms with Gasteiger partial charge in [-0.2, -0.15) is 0 Å². The Morgan fingerprint density at radius 3 is 2.41 bits per heavy atom. The Balaban J connectivity index is 2.84. The van der Waals surface area contributed by atoms with Crippen molar-refractivity contribution in [3.05, 3.63) is 21.4 Å². The summed E-state index contributed by atoms with van der Waals surface area (Å²) in [5.41, 5.74) is 1.53. The predicted molar refractivity (Wildman–Crippen MR) is 78.9 cm³/mol. The molecule has 0 fully saturated rings. The molecule has 1 rings (SSSR count). The summed E-state index contributed by atoms with van der Waals surface area (Å²) in [5, 5.41) is 3.54. The molecule has 1 N–H and O–H groups in total. The minimum atomic E-state index is 0.538. The van der Waals surface area contributed by atoms with Crippen LogP contribution in [0.15, 0.2) is 6.07 Å². The van der Waals surface area contributed by atoms with Crippen LogP contribution in [0.25, 0.3) is 0 Å². The van der Waals surface area contributed by atoms with Crippen LogP contribution >= 0.6 is 11.3 Å². The molecule has 2 atom stereocenters. The maximum absolute atomic E-state index is 3.54. The molecule has 2 heteroatoms. The summed E-state index contributed by atoms with van der Waals surface area (Å²) in [6.07, 6.45) is 5.25. The first-order valence-corrected chi connectivity index (χ1v) is 7.69. The van der Waals surface area contributed by atoms with Crippen LogP contribution in [0.5, 0.6) is 0 Å². The first-order valence-electron chi connectivity index (χ1n) is 6.88. The van der Waals surface area contributed by atoms with Crippen LogP contribution in [0.1, 0.15) is 60.9 Å². The molecule has 0 aliphatic carbocycles. The smallest absolute Gasteiger partial charge is 0.0357 e. The van der Waals surface area contributed by atoms with E-state index in [1.54, 1.807) is 0 Å². The highest BCUT2D eigenvalue weighted by Crippen LogP contribution is 2.34. The monoisotopic (exact) mass is 253 g/mol. The quantitative estimate of drug-likeness (QED) is 0.733. The highest BCUT2D eigenvalue weighted by atomic mass is 32.1. The molecule has 2 unspecified atom stereocenters. The highest BCUT2D eigenvalue weighted by Gasteiger charge is 2.22. The van der Waals surface area contributed by atoms with Crippen molar-refractivity contribution in [2.75, 3.05) is 7.05 Å². The molecule has 17 heavy (non-hydrogen) atoms. The maximum atomic E-state index is 3.54. The highest BCUT2D eigenvalue weighted by molar-refractivity contribution is 7.12. The molecule has 98 valence electrons. The molecule has 1 nitrogen and oxygen atoms in total. The van der Waals surface area contributed by atoms with Gasteiger partial charge in [0.15, 0.2) is 0 Å². The van der Waals surface area contributed by atoms with E-state index in [0.717, 1.165) is 5.92 Å². The van der Waals surface area contributed by atoms with Crippen LogP contribution in [-0.4, -0.2) is 7.05 Å². The number of hydrogen-bond donors (Lipinski definition) is 1. The molecular weight excluding hydrogens is 226 g/mol. The molecule has 1 heterocycles. The van der Waals surface area contributed by atoms with Crippen molar-refractivity contribution in [2.45, 2.75) is 59.4 Å². The number of unbranched alkanes of at least 4 members (excludes halogenated alkanes) is 1. The van der Waals surface area contributed by atoms with E-state index in [2.05, 4.69) is 46.1 Å². The van der Waals surface area contributed by atoms with E-state index in [4.69, 9.17) is 0 Å². The van der Waals surface area contributed by atoms with E-state index in [-0.39, 0.29) is 0 Å². The molecule has 0 aliphatic rings. The summed E-state index contributed by atoms with van der Waals surface area (Å²) in [7, 11) is 2.10. The number of rotatable bonds is 7. The van der Waals surface area contributed by atoms with Crippen LogP contribution in [0.3, 0.4) is 0 Å². The summed E-state index contributed by atoms with van der Waals surface area (Å²) in [5.74, 6) is 0.771. The topological polar surface area (TPSA) is 12.0 Å². The number of hydrogen-bond acceptors (Lipinski definition) is 2. The summed E-state index contributed by atoms with van der Waals surface area (Å²) in [6, 6.07) is 2.91. The van der Waals surface area contributed by atoms with Crippen LogP contribution in [0.4, 0.5) is 0 Å². The van der Waals surface area contributed by atoms with Crippen molar-refractivity contribution < 1.29 is 0 Å². The minimum absolute atomic E-state index is 0.538. The van der Waals surface area contributed by atoms with E-state index >= 15 is 0 Å². The normalized spacial score (nSPS) is 14.9. The number of thiophene rings is 1. The standard InChI is InChI=1S/C15H27NS/c1-6-8-9-13(7-2)15(16-5)14-10-11(3)17-12(14)4/h10,13,15-16H,6-9H2,1-5H3. The van der Waals surface area contributed by atoms with E-state index in [9.17, 15) is 0 Å². The Morgan fingerprint density at radius 2 is 2.00 bits per heavy atom. The first kappa shape index (κ1) is 14.7. The summed E-state index contributed by atoms with van der Waals surface area (Å²) < 4.78 is 0. The van der Waals surface area contributed by atoms with Gasteiger partial charge in [-0.25, -0.2) is 0 Å². The van der Waals surface area contributed by atoms with Crippen molar-refractivity contribution in [2.24, 2.45) is 5.92 Å². The Bertz CT molecular complexity index is 330. The van der Waals surface area contributed by atoms with Gasteiger partial charge in [0, 0.05) is 15.8 Å². The van der Waals surface area contributed by atoms with Crippen LogP contribution in [-0.2, 0) is 0 Å². The molecule has 0 saturated heterocycles. The third-order valence-corrected chi connectivity index (χ3v) is 4.63. The van der Waals surface area contributed by atoms with Gasteiger partial charge in [0.05, 0.1) is 0 Å². The second-order valence-electron chi connectivity index (χ2n) is 4.95. The van der Waals surface area contributed by atoms with Crippen molar-refractivity contribution >= 4 is 11.3 Å². The Kier molecular flexibility index (Phi) is 6.21. The average Bonchev–Trinajstić information content (AvgIpc) is 2.63. The van der Waals surface area contributed by atoms with Gasteiger partial charge in [0.1, 0.15) is 0 Å². The molecule has 1 aromatic heterocycles. The molecule has 0 spiro atoms. The summed E-state index contributed by atoms with van der Waals surface area (Å²) >= 11 is 1.92. The lowest BCUT2D eigenvalue weighted by molar-refractivity contribution is 0.338. The van der Waals surface area contributed by atoms with E-state index in [0.29, 0.717) is 6.04 Å². The number of aryl methyl sites for hydroxylation is 2. The van der Waals surface area contributed by atoms with Gasteiger partial charge < -0.3 is 5.32 Å². The third-order valence-electron chi connectivity index (χ3n) is 3.65. The van der Waals surface area contributed by atoms with Gasteiger partial charge in [-0.05, 0) is 44.9 Å². The Morgan fingerprint density at radius 1 is 1.29 bits per heavy atom. The fraction of sp³-hybridized carbons (Fsp3) is 0.733. The van der Waals surface area contributed by atoms with Crippen LogP contribution in [0.2, 0.25) is 0 Å². The fourth-order valence-electron chi connectivity index (χ4n) is 2.68. The van der Waals surface area contributed by atoms with Crippen LogP contribution < -0.4 is 5.32 Å². The van der Waals surface area contributed by atoms with E-state index in [1.165, 1.54) is 41.0 Å². The maximum Gasteiger partial charge on any atom is 0.0357 e. The average molecular weight is 253 g/mol. The lowest BCUT2D eigenvalue weighted by Crippen LogP contribution is -2.25. The molecular formula is C15H27NS. The molecule has 1 aromatic rings. The molecule has 0 saturated carbocycles. The largest absolute Gasteiger partial charge is 0.313 e. The van der Waals surface area contributed by atoms with E-state index in [1.807, 2.05) is 11.3 Å². The molecule has 0 radical (unpaired) electrons. The zero-order valence-electron chi connectivity index (χ0n) is 12.0. The molecule has 0 bridgehead atoms.